The summed E-state index contributed by atoms with van der Waals surface area (Å²) < 4.78 is 20.1. The molecule has 228 valence electrons. The molecule has 4 rings (SSSR count). The van der Waals surface area contributed by atoms with Gasteiger partial charge in [0.05, 0.1) is 17.2 Å². The third-order valence-electron chi connectivity index (χ3n) is 8.81. The molecule has 1 saturated heterocycles. The van der Waals surface area contributed by atoms with Crippen molar-refractivity contribution < 1.29 is 23.9 Å². The second kappa shape index (κ2) is 12.0. The van der Waals surface area contributed by atoms with E-state index in [2.05, 4.69) is 55.4 Å². The minimum Gasteiger partial charge on any atom is -0.408 e. The third-order valence-corrected chi connectivity index (χ3v) is 17.7. The van der Waals surface area contributed by atoms with Gasteiger partial charge in [-0.05, 0) is 57.2 Å². The molecule has 0 spiro atoms. The van der Waals surface area contributed by atoms with Crippen molar-refractivity contribution in [2.45, 2.75) is 107 Å². The van der Waals surface area contributed by atoms with Crippen LogP contribution in [-0.2, 0) is 25.5 Å². The van der Waals surface area contributed by atoms with Crippen molar-refractivity contribution in [3.05, 3.63) is 39.3 Å². The molecular formula is C26H42N4O7PS2Si+. The zero-order chi connectivity index (χ0) is 30.5. The summed E-state index contributed by atoms with van der Waals surface area (Å²) in [6, 6.07) is 0. The van der Waals surface area contributed by atoms with Gasteiger partial charge < -0.3 is 19.4 Å². The first-order valence-corrected chi connectivity index (χ1v) is 20.4. The lowest BCUT2D eigenvalue weighted by molar-refractivity contribution is -0.0455. The van der Waals surface area contributed by atoms with Crippen LogP contribution in [0, 0.1) is 5.92 Å². The van der Waals surface area contributed by atoms with Gasteiger partial charge in [0.25, 0.3) is 5.56 Å². The zero-order valence-electron chi connectivity index (χ0n) is 24.7. The van der Waals surface area contributed by atoms with Crippen molar-refractivity contribution in [3.63, 3.8) is 0 Å². The first-order valence-electron chi connectivity index (χ1n) is 13.8. The Morgan fingerprint density at radius 1 is 1.37 bits per heavy atom. The summed E-state index contributed by atoms with van der Waals surface area (Å²) in [5, 5.41) is 22.3. The lowest BCUT2D eigenvalue weighted by Gasteiger charge is -2.39. The minimum absolute atomic E-state index is 0.0283. The second-order valence-electron chi connectivity index (χ2n) is 12.9. The van der Waals surface area contributed by atoms with E-state index in [1.54, 1.807) is 0 Å². The zero-order valence-corrected chi connectivity index (χ0v) is 28.2. The van der Waals surface area contributed by atoms with Crippen LogP contribution in [-0.4, -0.2) is 73.8 Å². The van der Waals surface area contributed by atoms with Crippen LogP contribution >= 0.6 is 17.5 Å². The van der Waals surface area contributed by atoms with Crippen LogP contribution in [0.25, 0.3) is 11.2 Å². The number of rotatable bonds is 9. The minimum atomic E-state index is -2.37. The first-order chi connectivity index (χ1) is 18.9. The highest BCUT2D eigenvalue weighted by atomic mass is 32.9. The van der Waals surface area contributed by atoms with Crippen LogP contribution in [0.4, 0.5) is 0 Å². The smallest absolute Gasteiger partial charge is 0.408 e. The summed E-state index contributed by atoms with van der Waals surface area (Å²) in [6.07, 6.45) is -1.73. The van der Waals surface area contributed by atoms with Crippen molar-refractivity contribution in [1.82, 2.24) is 19.5 Å². The van der Waals surface area contributed by atoms with Gasteiger partial charge in [0.15, 0.2) is 20.1 Å². The van der Waals surface area contributed by atoms with Crippen LogP contribution in [0.3, 0.4) is 0 Å². The lowest BCUT2D eigenvalue weighted by atomic mass is 9.77. The largest absolute Gasteiger partial charge is 0.415 e. The fourth-order valence-electron chi connectivity index (χ4n) is 5.04. The van der Waals surface area contributed by atoms with E-state index >= 15 is 0 Å². The SMILES string of the molecule is C=C(C)[C@@H]1CC[C@](C)(S[P+](=S)OC[C@H]2O[C@@H](n3cnc4c(=O)[nH]c(=O)[nH]c43)[C@H](O)C2O[Si](C)(C)C(C)(C)C)[C@@H](O)C1. The van der Waals surface area contributed by atoms with Crippen molar-refractivity contribution >= 4 is 48.8 Å². The van der Waals surface area contributed by atoms with E-state index in [1.807, 2.05) is 13.8 Å². The van der Waals surface area contributed by atoms with E-state index < -0.39 is 61.1 Å². The van der Waals surface area contributed by atoms with E-state index in [0.717, 1.165) is 18.4 Å². The number of ether oxygens (including phenoxy) is 1. The highest BCUT2D eigenvalue weighted by Gasteiger charge is 2.52. The Kier molecular flexibility index (Phi) is 9.60. The number of allylic oxidation sites excluding steroid dienone is 1. The van der Waals surface area contributed by atoms with Crippen LogP contribution < -0.4 is 11.2 Å². The molecule has 8 atom stereocenters. The number of imidazole rings is 1. The van der Waals surface area contributed by atoms with Crippen LogP contribution in [0.5, 0.6) is 0 Å². The van der Waals surface area contributed by atoms with Gasteiger partial charge in [-0.1, -0.05) is 32.9 Å². The quantitative estimate of drug-likeness (QED) is 0.178. The third kappa shape index (κ3) is 6.81. The number of aliphatic hydroxyl groups excluding tert-OH is 2. The molecule has 2 aromatic rings. The molecule has 0 bridgehead atoms. The van der Waals surface area contributed by atoms with Crippen LogP contribution in [0.1, 0.15) is 60.1 Å². The molecule has 2 fully saturated rings. The van der Waals surface area contributed by atoms with Crippen molar-refractivity contribution in [1.29, 1.82) is 0 Å². The summed E-state index contributed by atoms with van der Waals surface area (Å²) in [6.45, 7) is 18.7. The fourth-order valence-corrected chi connectivity index (χ4v) is 11.2. The van der Waals surface area contributed by atoms with E-state index in [0.29, 0.717) is 12.3 Å². The number of nitrogens with zero attached hydrogens (tertiary/aromatic N) is 2. The second-order valence-corrected chi connectivity index (χ2v) is 22.7. The Morgan fingerprint density at radius 3 is 2.66 bits per heavy atom. The Morgan fingerprint density at radius 2 is 2.05 bits per heavy atom. The van der Waals surface area contributed by atoms with Gasteiger partial charge in [0.1, 0.15) is 41.9 Å². The number of aliphatic hydroxyl groups is 2. The first kappa shape index (κ1) is 32.7. The summed E-state index contributed by atoms with van der Waals surface area (Å²) in [5.41, 5.74) is -0.0610. The number of hydrogen-bond acceptors (Lipinski definition) is 10. The predicted octanol–water partition coefficient (Wildman–Crippen LogP) is 4.08. The Bertz CT molecular complexity index is 1420. The van der Waals surface area contributed by atoms with Gasteiger partial charge in [0.2, 0.25) is 11.8 Å². The van der Waals surface area contributed by atoms with Gasteiger partial charge >= 0.3 is 11.8 Å². The Hall–Kier alpha value is -1.22. The molecule has 0 radical (unpaired) electrons. The molecule has 1 aliphatic carbocycles. The summed E-state index contributed by atoms with van der Waals surface area (Å²) in [5.74, 6) is 0.305. The molecular weight excluding hydrogens is 604 g/mol. The van der Waals surface area contributed by atoms with Crippen molar-refractivity contribution in [2.75, 3.05) is 6.61 Å². The van der Waals surface area contributed by atoms with Gasteiger partial charge in [-0.2, -0.15) is 4.52 Å². The lowest BCUT2D eigenvalue weighted by Crippen LogP contribution is -2.49. The monoisotopic (exact) mass is 645 g/mol. The molecule has 0 aromatic carbocycles. The maximum Gasteiger partial charge on any atom is 0.415 e. The molecule has 1 saturated carbocycles. The predicted molar refractivity (Wildman–Crippen MR) is 167 cm³/mol. The number of hydrogen-bond donors (Lipinski definition) is 4. The standard InChI is InChI=1S/C26H41N4O7PS2Si/c1-14(2)15-9-10-26(6,17(31)11-15)40-38(39)35-12-16-20(37-41(7,8)25(3,4)5)19(32)23(36-16)30-13-27-18-21(30)28-24(34)29-22(18)33/h13,15-17,19-20,23,31-32H,1,9-12H2,2-8H3,(H-,28,29,33,34)/p+1/t15-,16-,17+,19-,20?,23-,26+/m1/s1. The topological polar surface area (TPSA) is 152 Å². The molecule has 41 heavy (non-hydrogen) atoms. The molecule has 3 heterocycles. The summed E-state index contributed by atoms with van der Waals surface area (Å²) in [4.78, 5) is 33.1. The van der Waals surface area contributed by atoms with Crippen LogP contribution in [0.15, 0.2) is 28.1 Å². The Labute approximate surface area is 250 Å². The van der Waals surface area contributed by atoms with Gasteiger partial charge in [-0.3, -0.25) is 19.3 Å². The molecule has 4 N–H and O–H groups in total. The number of nitrogens with one attached hydrogen (secondary N) is 2. The van der Waals surface area contributed by atoms with E-state index in [-0.39, 0.29) is 22.8 Å². The average molecular weight is 646 g/mol. The molecule has 2 aliphatic rings. The number of aromatic amines is 2. The summed E-state index contributed by atoms with van der Waals surface area (Å²) >= 11 is 7.22. The Balaban J connectivity index is 1.54. The van der Waals surface area contributed by atoms with Crippen LogP contribution in [0.2, 0.25) is 18.1 Å². The molecule has 1 aliphatic heterocycles. The molecule has 2 aromatic heterocycles. The fraction of sp³-hybridized carbons (Fsp3) is 0.731. The number of aromatic nitrogens is 4. The maximum absolute atomic E-state index is 12.2. The molecule has 15 heteroatoms. The van der Waals surface area contributed by atoms with Crippen molar-refractivity contribution in [2.24, 2.45) is 5.92 Å². The van der Waals surface area contributed by atoms with E-state index in [9.17, 15) is 19.8 Å². The van der Waals surface area contributed by atoms with Gasteiger partial charge in [0, 0.05) is 0 Å². The van der Waals surface area contributed by atoms with E-state index in [4.69, 9.17) is 25.5 Å². The highest BCUT2D eigenvalue weighted by Crippen LogP contribution is 2.55. The van der Waals surface area contributed by atoms with Crippen molar-refractivity contribution in [3.8, 4) is 0 Å². The molecule has 2 unspecified atom stereocenters. The number of H-pyrrole nitrogens is 2. The molecule has 0 amide bonds. The molecule has 11 nitrogen and oxygen atoms in total. The normalized spacial score (nSPS) is 31.5. The summed E-state index contributed by atoms with van der Waals surface area (Å²) in [7, 11) is -2.37. The van der Waals surface area contributed by atoms with E-state index in [1.165, 1.54) is 22.3 Å². The van der Waals surface area contributed by atoms with Gasteiger partial charge in [-0.25, -0.2) is 9.78 Å². The van der Waals surface area contributed by atoms with Gasteiger partial charge in [-0.15, -0.1) is 0 Å². The average Bonchev–Trinajstić information content (AvgIpc) is 3.39. The number of fused-ring (bicyclic) bond motifs is 1. The maximum atomic E-state index is 12.2. The highest BCUT2D eigenvalue weighted by molar-refractivity contribution is 8.63.